The minimum atomic E-state index is -0.656. The van der Waals surface area contributed by atoms with Gasteiger partial charge in [0.15, 0.2) is 0 Å². The maximum absolute atomic E-state index is 13.4. The van der Waals surface area contributed by atoms with Gasteiger partial charge in [-0.2, -0.15) is 0 Å². The average molecular weight is 497 g/mol. The van der Waals surface area contributed by atoms with Gasteiger partial charge in [0.2, 0.25) is 5.88 Å². The lowest BCUT2D eigenvalue weighted by atomic mass is 10.1. The number of hydrogen-bond donors (Lipinski definition) is 3. The van der Waals surface area contributed by atoms with Crippen LogP contribution in [0.15, 0.2) is 79.0 Å². The van der Waals surface area contributed by atoms with Crippen LogP contribution < -0.4 is 15.4 Å². The lowest BCUT2D eigenvalue weighted by Gasteiger charge is -2.12. The van der Waals surface area contributed by atoms with Crippen LogP contribution in [0.4, 0.5) is 16.4 Å². The number of aliphatic hydroxyl groups is 1. The Morgan fingerprint density at radius 2 is 1.65 bits per heavy atom. The first-order valence-corrected chi connectivity index (χ1v) is 12.0. The van der Waals surface area contributed by atoms with E-state index in [0.717, 1.165) is 22.5 Å². The van der Waals surface area contributed by atoms with Crippen LogP contribution >= 0.6 is 0 Å². The smallest absolute Gasteiger partial charge is 0.326 e. The molecule has 0 aliphatic carbocycles. The predicted molar refractivity (Wildman–Crippen MR) is 143 cm³/mol. The van der Waals surface area contributed by atoms with E-state index in [9.17, 15) is 9.90 Å². The summed E-state index contributed by atoms with van der Waals surface area (Å²) < 4.78 is 9.19. The first-order valence-electron chi connectivity index (χ1n) is 12.0. The van der Waals surface area contributed by atoms with E-state index in [2.05, 4.69) is 15.7 Å². The highest BCUT2D eigenvalue weighted by Gasteiger charge is 2.22. The molecular weight excluding hydrogens is 468 g/mol. The molecule has 37 heavy (non-hydrogen) atoms. The number of aromatic nitrogens is 4. The molecule has 0 spiro atoms. The summed E-state index contributed by atoms with van der Waals surface area (Å²) in [6.07, 6.45) is 1.22. The van der Waals surface area contributed by atoms with Gasteiger partial charge in [-0.3, -0.25) is 15.0 Å². The highest BCUT2D eigenvalue weighted by Crippen LogP contribution is 2.31. The lowest BCUT2D eigenvalue weighted by Crippen LogP contribution is -2.23. The van der Waals surface area contributed by atoms with Crippen molar-refractivity contribution in [3.63, 3.8) is 0 Å². The number of anilines is 2. The molecule has 0 saturated carbocycles. The number of imidazole rings is 1. The molecule has 0 aliphatic heterocycles. The molecule has 0 saturated heterocycles. The summed E-state index contributed by atoms with van der Waals surface area (Å²) in [4.78, 5) is 18.2. The van der Waals surface area contributed by atoms with Gasteiger partial charge in [-0.1, -0.05) is 54.6 Å². The Morgan fingerprint density at radius 3 is 2.35 bits per heavy atom. The summed E-state index contributed by atoms with van der Waals surface area (Å²) in [5.41, 5.74) is 4.70. The normalized spacial score (nSPS) is 11.9. The quantitative estimate of drug-likeness (QED) is 0.287. The van der Waals surface area contributed by atoms with E-state index < -0.39 is 12.1 Å². The van der Waals surface area contributed by atoms with Gasteiger partial charge in [-0.05, 0) is 44.5 Å². The number of carbonyl (C=O) groups is 1. The molecule has 0 bridgehead atoms. The molecule has 2 amide bonds. The SMILES string of the molecule is Cc1c(OCC(C)O)nn(-c2ccccc2)c1NC(=O)Nc1c(-c2ccccc2)nc2c(C)cccn12. The van der Waals surface area contributed by atoms with Crippen LogP contribution in [0.25, 0.3) is 22.6 Å². The Kier molecular flexibility index (Phi) is 6.61. The van der Waals surface area contributed by atoms with Gasteiger partial charge in [0.05, 0.1) is 17.4 Å². The third-order valence-corrected chi connectivity index (χ3v) is 5.90. The Labute approximate surface area is 214 Å². The van der Waals surface area contributed by atoms with Crippen molar-refractivity contribution in [2.24, 2.45) is 0 Å². The molecule has 3 aromatic heterocycles. The van der Waals surface area contributed by atoms with Crippen LogP contribution in [0.3, 0.4) is 0 Å². The molecule has 9 heteroatoms. The predicted octanol–water partition coefficient (Wildman–Crippen LogP) is 5.21. The van der Waals surface area contributed by atoms with Crippen LogP contribution in [0.2, 0.25) is 0 Å². The zero-order valence-electron chi connectivity index (χ0n) is 20.8. The summed E-state index contributed by atoms with van der Waals surface area (Å²) in [7, 11) is 0. The van der Waals surface area contributed by atoms with Crippen molar-refractivity contribution in [2.45, 2.75) is 26.9 Å². The van der Waals surface area contributed by atoms with Gasteiger partial charge < -0.3 is 9.84 Å². The minimum Gasteiger partial charge on any atom is -0.474 e. The Bertz CT molecular complexity index is 1540. The number of aryl methyl sites for hydroxylation is 1. The van der Waals surface area contributed by atoms with Gasteiger partial charge in [0, 0.05) is 11.8 Å². The number of carbonyl (C=O) groups excluding carboxylic acids is 1. The molecule has 9 nitrogen and oxygen atoms in total. The number of nitrogens with one attached hydrogen (secondary N) is 2. The molecule has 1 atom stereocenters. The number of aliphatic hydroxyl groups excluding tert-OH is 1. The summed E-state index contributed by atoms with van der Waals surface area (Å²) in [6, 6.07) is 22.6. The van der Waals surface area contributed by atoms with Crippen molar-refractivity contribution in [3.8, 4) is 22.8 Å². The van der Waals surface area contributed by atoms with Gasteiger partial charge in [-0.15, -0.1) is 5.10 Å². The van der Waals surface area contributed by atoms with Crippen molar-refractivity contribution in [1.82, 2.24) is 19.2 Å². The van der Waals surface area contributed by atoms with Crippen LogP contribution in [0.5, 0.6) is 5.88 Å². The number of fused-ring (bicyclic) bond motifs is 1. The number of benzene rings is 2. The summed E-state index contributed by atoms with van der Waals surface area (Å²) in [5.74, 6) is 1.34. The molecule has 1 unspecified atom stereocenters. The summed E-state index contributed by atoms with van der Waals surface area (Å²) >= 11 is 0. The third-order valence-electron chi connectivity index (χ3n) is 5.90. The van der Waals surface area contributed by atoms with Gasteiger partial charge >= 0.3 is 6.03 Å². The first-order chi connectivity index (χ1) is 17.9. The molecule has 3 heterocycles. The number of nitrogens with zero attached hydrogens (tertiary/aromatic N) is 4. The number of para-hydroxylation sites is 1. The molecule has 188 valence electrons. The highest BCUT2D eigenvalue weighted by atomic mass is 16.5. The van der Waals surface area contributed by atoms with Crippen molar-refractivity contribution in [2.75, 3.05) is 17.2 Å². The Morgan fingerprint density at radius 1 is 0.973 bits per heavy atom. The Hall–Kier alpha value is -4.63. The number of ether oxygens (including phenoxy) is 1. The second-order valence-corrected chi connectivity index (χ2v) is 8.83. The number of urea groups is 1. The van der Waals surface area contributed by atoms with Gasteiger partial charge in [-0.25, -0.2) is 14.5 Å². The fourth-order valence-electron chi connectivity index (χ4n) is 4.08. The fourth-order valence-corrected chi connectivity index (χ4v) is 4.08. The van der Waals surface area contributed by atoms with Gasteiger partial charge in [0.25, 0.3) is 0 Å². The highest BCUT2D eigenvalue weighted by molar-refractivity contribution is 6.02. The molecule has 2 aromatic carbocycles. The van der Waals surface area contributed by atoms with E-state index in [4.69, 9.17) is 9.72 Å². The van der Waals surface area contributed by atoms with Gasteiger partial charge in [0.1, 0.15) is 29.6 Å². The third kappa shape index (κ3) is 4.89. The largest absolute Gasteiger partial charge is 0.474 e. The summed E-state index contributed by atoms with van der Waals surface area (Å²) in [5, 5.41) is 20.2. The minimum absolute atomic E-state index is 0.0832. The van der Waals surface area contributed by atoms with E-state index in [-0.39, 0.29) is 6.61 Å². The topological polar surface area (TPSA) is 106 Å². The van der Waals surface area contributed by atoms with E-state index in [1.807, 2.05) is 97.2 Å². The van der Waals surface area contributed by atoms with Crippen LogP contribution in [0, 0.1) is 13.8 Å². The maximum Gasteiger partial charge on any atom is 0.326 e. The standard InChI is InChI=1S/C28H28N6O3/c1-18-11-10-16-33-24(18)29-23(21-12-6-4-7-13-21)26(33)31-28(36)30-25-20(3)27(37-17-19(2)35)32-34(25)22-14-8-5-9-15-22/h4-16,19,35H,17H2,1-3H3,(H2,30,31,36). The second-order valence-electron chi connectivity index (χ2n) is 8.83. The van der Waals surface area contributed by atoms with E-state index >= 15 is 0 Å². The number of rotatable bonds is 7. The molecule has 0 fully saturated rings. The van der Waals surface area contributed by atoms with Crippen molar-refractivity contribution in [3.05, 3.63) is 90.1 Å². The number of amides is 2. The molecule has 5 aromatic rings. The van der Waals surface area contributed by atoms with Crippen molar-refractivity contribution in [1.29, 1.82) is 0 Å². The monoisotopic (exact) mass is 496 g/mol. The first kappa shape index (κ1) is 24.1. The zero-order valence-corrected chi connectivity index (χ0v) is 20.8. The molecule has 0 radical (unpaired) electrons. The number of hydrogen-bond acceptors (Lipinski definition) is 5. The second kappa shape index (κ2) is 10.2. The van der Waals surface area contributed by atoms with Crippen LogP contribution in [-0.2, 0) is 0 Å². The van der Waals surface area contributed by atoms with E-state index in [1.165, 1.54) is 0 Å². The number of pyridine rings is 1. The maximum atomic E-state index is 13.4. The average Bonchev–Trinajstić information content (AvgIpc) is 3.42. The van der Waals surface area contributed by atoms with Crippen molar-refractivity contribution < 1.29 is 14.6 Å². The Balaban J connectivity index is 1.52. The van der Waals surface area contributed by atoms with E-state index in [1.54, 1.807) is 11.6 Å². The lowest BCUT2D eigenvalue weighted by molar-refractivity contribution is 0.119. The molecule has 3 N–H and O–H groups in total. The fraction of sp³-hybridized carbons (Fsp3) is 0.179. The molecule has 0 aliphatic rings. The molecular formula is C28H28N6O3. The van der Waals surface area contributed by atoms with Crippen LogP contribution in [0.1, 0.15) is 18.1 Å². The van der Waals surface area contributed by atoms with Crippen LogP contribution in [-0.4, -0.2) is 43.0 Å². The zero-order chi connectivity index (χ0) is 25.9. The molecule has 5 rings (SSSR count). The van der Waals surface area contributed by atoms with Crippen molar-refractivity contribution >= 4 is 23.3 Å². The van der Waals surface area contributed by atoms with E-state index in [0.29, 0.717) is 28.8 Å². The summed E-state index contributed by atoms with van der Waals surface area (Å²) in [6.45, 7) is 5.52.